The molecule has 0 aliphatic carbocycles. The van der Waals surface area contributed by atoms with Crippen LogP contribution in [0.4, 0.5) is 0 Å². The van der Waals surface area contributed by atoms with Gasteiger partial charge in [0.2, 0.25) is 6.67 Å². The summed E-state index contributed by atoms with van der Waals surface area (Å²) in [7, 11) is 2.01. The second-order valence-electron chi connectivity index (χ2n) is 4.92. The molecule has 4 nitrogen and oxygen atoms in total. The van der Waals surface area contributed by atoms with E-state index in [9.17, 15) is 0 Å². The fraction of sp³-hybridized carbons (Fsp3) is 0.900. The van der Waals surface area contributed by atoms with Gasteiger partial charge >= 0.3 is 6.57 Å². The lowest BCUT2D eigenvalue weighted by Gasteiger charge is -2.38. The van der Waals surface area contributed by atoms with Crippen LogP contribution in [0.2, 0.25) is 0 Å². The van der Waals surface area contributed by atoms with Crippen molar-refractivity contribution in [3.05, 3.63) is 4.95 Å². The van der Waals surface area contributed by atoms with Crippen molar-refractivity contribution in [2.75, 3.05) is 13.7 Å². The van der Waals surface area contributed by atoms with Gasteiger partial charge in [-0.1, -0.05) is 0 Å². The van der Waals surface area contributed by atoms with Crippen molar-refractivity contribution in [2.45, 2.75) is 46.3 Å². The second-order valence-corrected chi connectivity index (χ2v) is 4.92. The van der Waals surface area contributed by atoms with Crippen LogP contribution >= 0.6 is 0 Å². The summed E-state index contributed by atoms with van der Waals surface area (Å²) in [4.78, 5) is 9.34. The Bertz CT molecular complexity index is 214. The molecule has 1 N–H and O–H groups in total. The van der Waals surface area contributed by atoms with Crippen LogP contribution in [0.1, 0.15) is 34.6 Å². The predicted molar refractivity (Wildman–Crippen MR) is 58.5 cm³/mol. The fourth-order valence-electron chi connectivity index (χ4n) is 1.13. The number of hydroxylamine groups is 3. The number of hydrogen-bond donors (Lipinski definition) is 1. The highest BCUT2D eigenvalue weighted by molar-refractivity contribution is 4.57. The van der Waals surface area contributed by atoms with Crippen LogP contribution in [0, 0.1) is 6.57 Å². The zero-order valence-corrected chi connectivity index (χ0v) is 10.2. The third-order valence-corrected chi connectivity index (χ3v) is 2.05. The van der Waals surface area contributed by atoms with Crippen LogP contribution < -0.4 is 5.43 Å². The van der Waals surface area contributed by atoms with Crippen molar-refractivity contribution in [3.8, 4) is 6.57 Å². The molecule has 0 rings (SSSR count). The van der Waals surface area contributed by atoms with Crippen LogP contribution in [0.15, 0.2) is 0 Å². The molecule has 0 spiro atoms. The van der Waals surface area contributed by atoms with Gasteiger partial charge in [0.15, 0.2) is 0 Å². The maximum Gasteiger partial charge on any atom is 0.304 e. The van der Waals surface area contributed by atoms with Crippen LogP contribution in [-0.2, 0) is 4.84 Å². The molecule has 14 heavy (non-hydrogen) atoms. The van der Waals surface area contributed by atoms with Crippen LogP contribution in [0.3, 0.4) is 0 Å². The van der Waals surface area contributed by atoms with Gasteiger partial charge in [0.1, 0.15) is 18.7 Å². The lowest BCUT2D eigenvalue weighted by molar-refractivity contribution is -1.12. The van der Waals surface area contributed by atoms with Crippen molar-refractivity contribution >= 4 is 0 Å². The van der Waals surface area contributed by atoms with E-state index >= 15 is 0 Å². The summed E-state index contributed by atoms with van der Waals surface area (Å²) in [6, 6.07) is 0.337. The van der Waals surface area contributed by atoms with Crippen molar-refractivity contribution in [1.29, 1.82) is 0 Å². The molecule has 0 aliphatic heterocycles. The first-order valence-electron chi connectivity index (χ1n) is 4.90. The van der Waals surface area contributed by atoms with E-state index in [4.69, 9.17) is 11.4 Å². The third kappa shape index (κ3) is 4.45. The highest BCUT2D eigenvalue weighted by Gasteiger charge is 2.34. The van der Waals surface area contributed by atoms with E-state index < -0.39 is 0 Å². The minimum absolute atomic E-state index is 0.185. The average molecular weight is 201 g/mol. The molecule has 4 heteroatoms. The van der Waals surface area contributed by atoms with E-state index in [-0.39, 0.29) is 5.60 Å². The largest absolute Gasteiger partial charge is 0.304 e. The number of quaternary nitrogens is 1. The monoisotopic (exact) mass is 201 g/mol. The Morgan fingerprint density at radius 3 is 2.21 bits per heavy atom. The first-order chi connectivity index (χ1) is 6.21. The van der Waals surface area contributed by atoms with E-state index in [1.807, 2.05) is 27.8 Å². The minimum Gasteiger partial charge on any atom is -0.196 e. The third-order valence-electron chi connectivity index (χ3n) is 2.05. The van der Waals surface area contributed by atoms with Crippen molar-refractivity contribution in [1.82, 2.24) is 5.43 Å². The highest BCUT2D eigenvalue weighted by Crippen LogP contribution is 2.19. The molecule has 0 bridgehead atoms. The summed E-state index contributed by atoms with van der Waals surface area (Å²) >= 11 is 0. The molecule has 0 aromatic heterocycles. The zero-order valence-electron chi connectivity index (χ0n) is 10.2. The standard InChI is InChI=1S/C10H23N3O/c1-9(2)13(7,8-12-11-6)14-10(3,4)5/h6,9,12H,8H2,1-5,7H3/q+2. The van der Waals surface area contributed by atoms with Crippen molar-refractivity contribution < 1.29 is 9.48 Å². The van der Waals surface area contributed by atoms with Gasteiger partial charge in [-0.3, -0.25) is 0 Å². The number of nitrogens with zero attached hydrogens (tertiary/aromatic N) is 2. The Morgan fingerprint density at radius 1 is 1.43 bits per heavy atom. The van der Waals surface area contributed by atoms with E-state index in [0.717, 1.165) is 0 Å². The Morgan fingerprint density at radius 2 is 1.93 bits per heavy atom. The first kappa shape index (κ1) is 13.2. The number of rotatable bonds is 4. The van der Waals surface area contributed by atoms with Gasteiger partial charge in [-0.15, -0.1) is 0 Å². The molecule has 0 saturated heterocycles. The molecule has 1 atom stereocenters. The van der Waals surface area contributed by atoms with Gasteiger partial charge in [-0.2, -0.15) is 9.48 Å². The zero-order chi connectivity index (χ0) is 11.4. The maximum atomic E-state index is 5.95. The molecule has 0 radical (unpaired) electrons. The molecule has 0 amide bonds. The SMILES string of the molecule is C#[N+]NC[N+](C)(OC(C)(C)C)C(C)C. The van der Waals surface area contributed by atoms with Gasteiger partial charge in [-0.25, -0.2) is 0 Å². The smallest absolute Gasteiger partial charge is 0.196 e. The Labute approximate surface area is 87.2 Å². The molecule has 0 aliphatic rings. The Kier molecular flexibility index (Phi) is 4.37. The normalized spacial score (nSPS) is 16.1. The van der Waals surface area contributed by atoms with Crippen LogP contribution in [-0.4, -0.2) is 30.0 Å². The highest BCUT2D eigenvalue weighted by atomic mass is 16.7. The first-order valence-corrected chi connectivity index (χ1v) is 4.90. The summed E-state index contributed by atoms with van der Waals surface area (Å²) in [6.45, 7) is 15.9. The lowest BCUT2D eigenvalue weighted by atomic mass is 10.2. The average Bonchev–Trinajstić information content (AvgIpc) is 1.97. The Hall–Kier alpha value is -0.790. The lowest BCUT2D eigenvalue weighted by Crippen LogP contribution is -2.56. The molecule has 0 aromatic carbocycles. The topological polar surface area (TPSA) is 25.6 Å². The maximum absolute atomic E-state index is 5.95. The second kappa shape index (κ2) is 4.63. The number of nitrogens with one attached hydrogen (secondary N) is 1. The van der Waals surface area contributed by atoms with E-state index in [1.165, 1.54) is 0 Å². The van der Waals surface area contributed by atoms with Gasteiger partial charge < -0.3 is 0 Å². The molecule has 82 valence electrons. The minimum atomic E-state index is -0.185. The summed E-state index contributed by atoms with van der Waals surface area (Å²) in [6.07, 6.45) is 0. The fourth-order valence-corrected chi connectivity index (χ4v) is 1.13. The van der Waals surface area contributed by atoms with Crippen molar-refractivity contribution in [2.24, 2.45) is 0 Å². The molecule has 0 heterocycles. The summed E-state index contributed by atoms with van der Waals surface area (Å²) in [5.74, 6) is 0. The molecule has 1 unspecified atom stereocenters. The summed E-state index contributed by atoms with van der Waals surface area (Å²) in [5, 5.41) is 0. The van der Waals surface area contributed by atoms with E-state index in [0.29, 0.717) is 17.4 Å². The van der Waals surface area contributed by atoms with Crippen LogP contribution in [0.25, 0.3) is 4.95 Å². The predicted octanol–water partition coefficient (Wildman–Crippen LogP) is 2.00. The van der Waals surface area contributed by atoms with Crippen LogP contribution in [0.5, 0.6) is 0 Å². The van der Waals surface area contributed by atoms with Crippen molar-refractivity contribution in [3.63, 3.8) is 0 Å². The molecular weight excluding hydrogens is 178 g/mol. The van der Waals surface area contributed by atoms with E-state index in [1.54, 1.807) is 0 Å². The van der Waals surface area contributed by atoms with Gasteiger partial charge in [0.05, 0.1) is 4.95 Å². The quantitative estimate of drug-likeness (QED) is 0.427. The molecule has 0 saturated carbocycles. The van der Waals surface area contributed by atoms with Gasteiger partial charge in [-0.05, 0) is 40.0 Å². The summed E-state index contributed by atoms with van der Waals surface area (Å²) in [5.41, 5.74) is 2.56. The van der Waals surface area contributed by atoms with Gasteiger partial charge in [0.25, 0.3) is 0 Å². The summed E-state index contributed by atoms with van der Waals surface area (Å²) < 4.78 is 0.435. The Balaban J connectivity index is 4.49. The molecular formula is C10H23N3O+2. The van der Waals surface area contributed by atoms with E-state index in [2.05, 4.69) is 24.2 Å². The molecule has 0 fully saturated rings. The number of hydrogen-bond acceptors (Lipinski definition) is 2. The molecule has 0 aromatic rings. The van der Waals surface area contributed by atoms with Gasteiger partial charge in [0, 0.05) is 0 Å².